The van der Waals surface area contributed by atoms with Crippen molar-refractivity contribution in [1.29, 1.82) is 0 Å². The lowest BCUT2D eigenvalue weighted by Gasteiger charge is -2.06. The summed E-state index contributed by atoms with van der Waals surface area (Å²) in [6, 6.07) is 27.4. The third-order valence-electron chi connectivity index (χ3n) is 4.77. The first-order valence-electron chi connectivity index (χ1n) is 10.7. The Morgan fingerprint density at radius 3 is 1.05 bits per heavy atom. The number of halogens is 2. The third-order valence-corrected chi connectivity index (χ3v) is 7.97. The highest BCUT2D eigenvalue weighted by molar-refractivity contribution is 7.90. The zero-order valence-corrected chi connectivity index (χ0v) is 22.6. The predicted octanol–water partition coefficient (Wildman–Crippen LogP) is 4.92. The van der Waals surface area contributed by atoms with E-state index in [1.54, 1.807) is 36.4 Å². The summed E-state index contributed by atoms with van der Waals surface area (Å²) in [6.07, 6.45) is 0. The molecule has 0 aromatic heterocycles. The van der Waals surface area contributed by atoms with Crippen molar-refractivity contribution >= 4 is 55.1 Å². The maximum atomic E-state index is 12.0. The standard InChI is InChI=1S/2C13H10ClNO3S/c2*14-11-6-8-12(9-7-11)19(17,18)15-13(16)10-4-2-1-3-5-10/h2*1-9H,(H,15,16). The van der Waals surface area contributed by atoms with Gasteiger partial charge < -0.3 is 0 Å². The molecule has 0 bridgehead atoms. The predicted molar refractivity (Wildman–Crippen MR) is 145 cm³/mol. The normalized spacial score (nSPS) is 11.0. The van der Waals surface area contributed by atoms with Gasteiger partial charge in [0.25, 0.3) is 31.9 Å². The van der Waals surface area contributed by atoms with Crippen molar-refractivity contribution in [2.45, 2.75) is 9.79 Å². The first-order chi connectivity index (χ1) is 18.0. The molecule has 0 aliphatic carbocycles. The van der Waals surface area contributed by atoms with E-state index in [1.807, 2.05) is 9.44 Å². The molecule has 2 amide bonds. The lowest BCUT2D eigenvalue weighted by Crippen LogP contribution is -2.30. The van der Waals surface area contributed by atoms with Crippen molar-refractivity contribution in [2.75, 3.05) is 0 Å². The maximum absolute atomic E-state index is 12.0. The van der Waals surface area contributed by atoms with E-state index in [2.05, 4.69) is 0 Å². The summed E-state index contributed by atoms with van der Waals surface area (Å²) in [4.78, 5) is 23.5. The number of amides is 2. The van der Waals surface area contributed by atoms with Crippen LogP contribution in [0.4, 0.5) is 0 Å². The minimum absolute atomic E-state index is 0.0128. The van der Waals surface area contributed by atoms with Gasteiger partial charge in [-0.2, -0.15) is 0 Å². The van der Waals surface area contributed by atoms with Crippen LogP contribution in [-0.2, 0) is 20.0 Å². The quantitative estimate of drug-likeness (QED) is 0.328. The van der Waals surface area contributed by atoms with E-state index in [-0.39, 0.29) is 20.9 Å². The van der Waals surface area contributed by atoms with Gasteiger partial charge in [0.05, 0.1) is 9.79 Å². The molecule has 4 aromatic carbocycles. The van der Waals surface area contributed by atoms with E-state index < -0.39 is 31.9 Å². The van der Waals surface area contributed by atoms with Crippen LogP contribution in [0.2, 0.25) is 10.0 Å². The van der Waals surface area contributed by atoms with Crippen molar-refractivity contribution in [3.05, 3.63) is 130 Å². The second kappa shape index (κ2) is 12.7. The third kappa shape index (κ3) is 8.15. The molecular formula is C26H20Cl2N2O6S2. The lowest BCUT2D eigenvalue weighted by molar-refractivity contribution is 0.0972. The van der Waals surface area contributed by atoms with Crippen LogP contribution in [0.1, 0.15) is 20.7 Å². The summed E-state index contributed by atoms with van der Waals surface area (Å²) < 4.78 is 51.8. The van der Waals surface area contributed by atoms with Crippen molar-refractivity contribution in [2.24, 2.45) is 0 Å². The van der Waals surface area contributed by atoms with Gasteiger partial charge >= 0.3 is 0 Å². The molecule has 38 heavy (non-hydrogen) atoms. The second-order valence-electron chi connectivity index (χ2n) is 7.51. The zero-order chi connectivity index (χ0) is 27.8. The SMILES string of the molecule is O=C(NS(=O)(=O)c1ccc(Cl)cc1)c1ccccc1.O=C(NS(=O)(=O)c1ccc(Cl)cc1)c1ccccc1. The summed E-state index contributed by atoms with van der Waals surface area (Å²) in [5.74, 6) is -1.34. The van der Waals surface area contributed by atoms with Crippen LogP contribution in [0.25, 0.3) is 0 Å². The van der Waals surface area contributed by atoms with Gasteiger partial charge in [-0.25, -0.2) is 26.3 Å². The van der Waals surface area contributed by atoms with Crippen LogP contribution < -0.4 is 9.44 Å². The van der Waals surface area contributed by atoms with Crippen molar-refractivity contribution in [3.63, 3.8) is 0 Å². The van der Waals surface area contributed by atoms with Gasteiger partial charge in [-0.3, -0.25) is 9.59 Å². The Labute approximate surface area is 230 Å². The molecule has 0 fully saturated rings. The number of carbonyl (C=O) groups is 2. The highest BCUT2D eigenvalue weighted by atomic mass is 35.5. The van der Waals surface area contributed by atoms with Gasteiger partial charge in [0.15, 0.2) is 0 Å². The number of benzene rings is 4. The molecule has 12 heteroatoms. The molecule has 0 unspecified atom stereocenters. The molecule has 2 N–H and O–H groups in total. The van der Waals surface area contributed by atoms with Gasteiger partial charge in [0.1, 0.15) is 0 Å². The molecule has 4 rings (SSSR count). The molecule has 0 atom stereocenters. The Morgan fingerprint density at radius 2 is 0.763 bits per heavy atom. The van der Waals surface area contributed by atoms with Crippen LogP contribution in [-0.4, -0.2) is 28.6 Å². The van der Waals surface area contributed by atoms with Crippen LogP contribution in [0.15, 0.2) is 119 Å². The molecule has 0 radical (unpaired) electrons. The fourth-order valence-electron chi connectivity index (χ4n) is 2.89. The van der Waals surface area contributed by atoms with E-state index in [1.165, 1.54) is 72.8 Å². The van der Waals surface area contributed by atoms with Crippen molar-refractivity contribution in [1.82, 2.24) is 9.44 Å². The summed E-state index contributed by atoms with van der Waals surface area (Å²) >= 11 is 11.4. The van der Waals surface area contributed by atoms with Gasteiger partial charge in [0.2, 0.25) is 0 Å². The van der Waals surface area contributed by atoms with E-state index in [0.29, 0.717) is 10.0 Å². The molecule has 4 aromatic rings. The Morgan fingerprint density at radius 1 is 0.474 bits per heavy atom. The Bertz CT molecular complexity index is 1490. The summed E-state index contributed by atoms with van der Waals surface area (Å²) in [7, 11) is -7.77. The van der Waals surface area contributed by atoms with Gasteiger partial charge in [0, 0.05) is 21.2 Å². The average molecular weight is 591 g/mol. The largest absolute Gasteiger partial charge is 0.268 e. The molecule has 0 aliphatic heterocycles. The molecule has 0 aliphatic rings. The van der Waals surface area contributed by atoms with Crippen LogP contribution in [0.5, 0.6) is 0 Å². The molecule has 0 saturated heterocycles. The van der Waals surface area contributed by atoms with Gasteiger partial charge in [-0.15, -0.1) is 0 Å². The van der Waals surface area contributed by atoms with E-state index >= 15 is 0 Å². The summed E-state index contributed by atoms with van der Waals surface area (Å²) in [5.41, 5.74) is 0.556. The molecule has 0 saturated carbocycles. The number of sulfonamides is 2. The van der Waals surface area contributed by atoms with Crippen LogP contribution in [0.3, 0.4) is 0 Å². The fraction of sp³-hybridized carbons (Fsp3) is 0. The monoisotopic (exact) mass is 590 g/mol. The first-order valence-corrected chi connectivity index (χ1v) is 14.5. The number of rotatable bonds is 6. The summed E-state index contributed by atoms with van der Waals surface area (Å²) in [5, 5.41) is 0.849. The maximum Gasteiger partial charge on any atom is 0.264 e. The van der Waals surface area contributed by atoms with E-state index in [9.17, 15) is 26.4 Å². The first kappa shape index (κ1) is 28.9. The van der Waals surface area contributed by atoms with Crippen LogP contribution in [0, 0.1) is 0 Å². The minimum atomic E-state index is -3.88. The molecular weight excluding hydrogens is 571 g/mol. The van der Waals surface area contributed by atoms with Gasteiger partial charge in [-0.05, 0) is 72.8 Å². The Balaban J connectivity index is 0.000000211. The Hall–Kier alpha value is -3.70. The molecule has 0 spiro atoms. The smallest absolute Gasteiger partial charge is 0.264 e. The number of hydrogen-bond acceptors (Lipinski definition) is 6. The van der Waals surface area contributed by atoms with E-state index in [4.69, 9.17) is 23.2 Å². The molecule has 0 heterocycles. The molecule has 196 valence electrons. The minimum Gasteiger partial charge on any atom is -0.268 e. The topological polar surface area (TPSA) is 126 Å². The van der Waals surface area contributed by atoms with Crippen LogP contribution >= 0.6 is 23.2 Å². The number of nitrogens with one attached hydrogen (secondary N) is 2. The van der Waals surface area contributed by atoms with Gasteiger partial charge in [-0.1, -0.05) is 59.6 Å². The number of carbonyl (C=O) groups excluding carboxylic acids is 2. The average Bonchev–Trinajstić information content (AvgIpc) is 2.90. The number of hydrogen-bond donors (Lipinski definition) is 2. The Kier molecular flexibility index (Phi) is 9.65. The molecule has 8 nitrogen and oxygen atoms in total. The van der Waals surface area contributed by atoms with E-state index in [0.717, 1.165) is 0 Å². The van der Waals surface area contributed by atoms with Crippen molar-refractivity contribution < 1.29 is 26.4 Å². The second-order valence-corrected chi connectivity index (χ2v) is 11.7. The highest BCUT2D eigenvalue weighted by Gasteiger charge is 2.19. The summed E-state index contributed by atoms with van der Waals surface area (Å²) in [6.45, 7) is 0. The van der Waals surface area contributed by atoms with Crippen molar-refractivity contribution in [3.8, 4) is 0 Å². The fourth-order valence-corrected chi connectivity index (χ4v) is 5.09. The lowest BCUT2D eigenvalue weighted by atomic mass is 10.2. The highest BCUT2D eigenvalue weighted by Crippen LogP contribution is 2.15. The zero-order valence-electron chi connectivity index (χ0n) is 19.4.